The molecule has 0 spiro atoms. The molecule has 0 aliphatic carbocycles. The molecule has 1 atom stereocenters. The second kappa shape index (κ2) is 9.67. The summed E-state index contributed by atoms with van der Waals surface area (Å²) in [5, 5.41) is 10.7. The molecule has 0 saturated heterocycles. The number of carbonyl (C=O) groups is 2. The molecule has 0 heterocycles. The maximum absolute atomic E-state index is 12.7. The average Bonchev–Trinajstić information content (AvgIpc) is 2.65. The first-order chi connectivity index (χ1) is 13.6. The highest BCUT2D eigenvalue weighted by molar-refractivity contribution is 7.89. The molecule has 4 N–H and O–H groups in total. The Hall–Kier alpha value is -2.71. The van der Waals surface area contributed by atoms with E-state index < -0.39 is 16.1 Å². The summed E-state index contributed by atoms with van der Waals surface area (Å²) < 4.78 is 22.6. The van der Waals surface area contributed by atoms with Crippen LogP contribution in [0.15, 0.2) is 53.4 Å². The van der Waals surface area contributed by atoms with Gasteiger partial charge in [0, 0.05) is 12.1 Å². The highest BCUT2D eigenvalue weighted by atomic mass is 32.2. The molecule has 0 radical (unpaired) electrons. The number of hydrogen-bond donors (Lipinski definition) is 3. The van der Waals surface area contributed by atoms with Crippen molar-refractivity contribution < 1.29 is 18.0 Å². The van der Waals surface area contributed by atoms with Crippen molar-refractivity contribution in [1.82, 2.24) is 10.6 Å². The lowest BCUT2D eigenvalue weighted by atomic mass is 10.0. The predicted molar refractivity (Wildman–Crippen MR) is 112 cm³/mol. The second-order valence-corrected chi connectivity index (χ2v) is 8.94. The summed E-state index contributed by atoms with van der Waals surface area (Å²) >= 11 is 0. The van der Waals surface area contributed by atoms with E-state index in [2.05, 4.69) is 10.6 Å². The van der Waals surface area contributed by atoms with E-state index in [0.29, 0.717) is 12.0 Å². The first kappa shape index (κ1) is 22.6. The standard InChI is InChI=1S/C21H27N3O4S/c1-14(2)12-19(24-20(25)18-7-5-4-6-15(18)3)21(26)23-13-16-8-10-17(11-9-16)29(22,27)28/h4-11,14,19H,12-13H2,1-3H3,(H,23,26)(H,24,25)(H2,22,27,28)/t19-/m0/s1. The SMILES string of the molecule is Cc1ccccc1C(=O)N[C@@H](CC(C)C)C(=O)NCc1ccc(S(N)(=O)=O)cc1. The van der Waals surface area contributed by atoms with Crippen molar-refractivity contribution in [3.05, 3.63) is 65.2 Å². The Bertz CT molecular complexity index is 970. The Labute approximate surface area is 171 Å². The molecule has 29 heavy (non-hydrogen) atoms. The smallest absolute Gasteiger partial charge is 0.252 e. The maximum Gasteiger partial charge on any atom is 0.252 e. The summed E-state index contributed by atoms with van der Waals surface area (Å²) in [6.45, 7) is 6.01. The van der Waals surface area contributed by atoms with Gasteiger partial charge in [-0.1, -0.05) is 44.2 Å². The van der Waals surface area contributed by atoms with Gasteiger partial charge in [-0.3, -0.25) is 9.59 Å². The normalized spacial score (nSPS) is 12.4. The maximum atomic E-state index is 12.7. The number of benzene rings is 2. The molecule has 2 amide bonds. The Balaban J connectivity index is 2.05. The molecule has 0 aliphatic rings. The minimum atomic E-state index is -3.76. The average molecular weight is 418 g/mol. The number of primary sulfonamides is 1. The lowest BCUT2D eigenvalue weighted by Gasteiger charge is -2.21. The summed E-state index contributed by atoms with van der Waals surface area (Å²) in [6.07, 6.45) is 0.494. The van der Waals surface area contributed by atoms with Crippen LogP contribution in [0.5, 0.6) is 0 Å². The third-order valence-electron chi connectivity index (χ3n) is 4.44. The molecule has 2 rings (SSSR count). The molecule has 0 bridgehead atoms. The fraction of sp³-hybridized carbons (Fsp3) is 0.333. The minimum absolute atomic E-state index is 0.00996. The van der Waals surface area contributed by atoms with E-state index in [0.717, 1.165) is 11.1 Å². The number of hydrogen-bond acceptors (Lipinski definition) is 4. The third-order valence-corrected chi connectivity index (χ3v) is 5.37. The molecule has 8 heteroatoms. The van der Waals surface area contributed by atoms with Crippen LogP contribution in [0.2, 0.25) is 0 Å². The molecule has 2 aromatic rings. The van der Waals surface area contributed by atoms with Gasteiger partial charge in [-0.05, 0) is 48.6 Å². The Kier molecular flexibility index (Phi) is 7.53. The van der Waals surface area contributed by atoms with Crippen molar-refractivity contribution in [2.45, 2.75) is 44.7 Å². The topological polar surface area (TPSA) is 118 Å². The molecular weight excluding hydrogens is 390 g/mol. The van der Waals surface area contributed by atoms with E-state index in [1.54, 1.807) is 24.3 Å². The van der Waals surface area contributed by atoms with Gasteiger partial charge in [0.2, 0.25) is 15.9 Å². The van der Waals surface area contributed by atoms with Gasteiger partial charge in [0.05, 0.1) is 4.90 Å². The van der Waals surface area contributed by atoms with Gasteiger partial charge in [-0.15, -0.1) is 0 Å². The van der Waals surface area contributed by atoms with Crippen LogP contribution in [-0.4, -0.2) is 26.3 Å². The molecular formula is C21H27N3O4S. The van der Waals surface area contributed by atoms with Crippen LogP contribution in [0.1, 0.15) is 41.8 Å². The molecule has 0 saturated carbocycles. The number of carbonyl (C=O) groups excluding carboxylic acids is 2. The van der Waals surface area contributed by atoms with Crippen molar-refractivity contribution in [2.75, 3.05) is 0 Å². The van der Waals surface area contributed by atoms with Gasteiger partial charge in [0.1, 0.15) is 6.04 Å². The van der Waals surface area contributed by atoms with E-state index in [4.69, 9.17) is 5.14 Å². The first-order valence-electron chi connectivity index (χ1n) is 9.34. The second-order valence-electron chi connectivity index (χ2n) is 7.38. The van der Waals surface area contributed by atoms with Crippen LogP contribution < -0.4 is 15.8 Å². The lowest BCUT2D eigenvalue weighted by Crippen LogP contribution is -2.47. The Morgan fingerprint density at radius 3 is 2.21 bits per heavy atom. The highest BCUT2D eigenvalue weighted by Gasteiger charge is 2.23. The van der Waals surface area contributed by atoms with E-state index in [1.165, 1.54) is 12.1 Å². The van der Waals surface area contributed by atoms with Crippen molar-refractivity contribution >= 4 is 21.8 Å². The molecule has 0 aromatic heterocycles. The summed E-state index contributed by atoms with van der Waals surface area (Å²) in [7, 11) is -3.76. The van der Waals surface area contributed by atoms with Gasteiger partial charge < -0.3 is 10.6 Å². The molecule has 156 valence electrons. The van der Waals surface area contributed by atoms with Crippen molar-refractivity contribution in [3.8, 4) is 0 Å². The zero-order valence-electron chi connectivity index (χ0n) is 16.8. The number of rotatable bonds is 8. The van der Waals surface area contributed by atoms with Gasteiger partial charge >= 0.3 is 0 Å². The molecule has 0 fully saturated rings. The molecule has 0 unspecified atom stereocenters. The fourth-order valence-electron chi connectivity index (χ4n) is 2.88. The summed E-state index contributed by atoms with van der Waals surface area (Å²) in [4.78, 5) is 25.3. The van der Waals surface area contributed by atoms with Gasteiger partial charge in [0.25, 0.3) is 5.91 Å². The number of amides is 2. The zero-order chi connectivity index (χ0) is 21.6. The van der Waals surface area contributed by atoms with E-state index in [9.17, 15) is 18.0 Å². The minimum Gasteiger partial charge on any atom is -0.350 e. The van der Waals surface area contributed by atoms with Crippen LogP contribution in [0, 0.1) is 12.8 Å². The zero-order valence-corrected chi connectivity index (χ0v) is 17.6. The monoisotopic (exact) mass is 417 g/mol. The van der Waals surface area contributed by atoms with Crippen molar-refractivity contribution in [3.63, 3.8) is 0 Å². The quantitative estimate of drug-likeness (QED) is 0.609. The molecule has 7 nitrogen and oxygen atoms in total. The largest absolute Gasteiger partial charge is 0.350 e. The van der Waals surface area contributed by atoms with Gasteiger partial charge in [-0.2, -0.15) is 0 Å². The van der Waals surface area contributed by atoms with Crippen LogP contribution in [-0.2, 0) is 21.4 Å². The predicted octanol–water partition coefficient (Wildman–Crippen LogP) is 2.10. The number of aryl methyl sites for hydroxylation is 1. The molecule has 2 aromatic carbocycles. The number of nitrogens with one attached hydrogen (secondary N) is 2. The fourth-order valence-corrected chi connectivity index (χ4v) is 3.39. The van der Waals surface area contributed by atoms with Crippen LogP contribution in [0.4, 0.5) is 0 Å². The third kappa shape index (κ3) is 6.69. The first-order valence-corrected chi connectivity index (χ1v) is 10.9. The molecule has 0 aliphatic heterocycles. The van der Waals surface area contributed by atoms with Crippen molar-refractivity contribution in [2.24, 2.45) is 11.1 Å². The Morgan fingerprint density at radius 1 is 1.03 bits per heavy atom. The highest BCUT2D eigenvalue weighted by Crippen LogP contribution is 2.11. The van der Waals surface area contributed by atoms with Crippen LogP contribution in [0.3, 0.4) is 0 Å². The summed E-state index contributed by atoms with van der Waals surface area (Å²) in [5.74, 6) is -0.380. The van der Waals surface area contributed by atoms with Gasteiger partial charge in [-0.25, -0.2) is 13.6 Å². The van der Waals surface area contributed by atoms with E-state index in [-0.39, 0.29) is 29.2 Å². The Morgan fingerprint density at radius 2 is 1.66 bits per heavy atom. The summed E-state index contributed by atoms with van der Waals surface area (Å²) in [6, 6.07) is 12.5. The lowest BCUT2D eigenvalue weighted by molar-refractivity contribution is -0.123. The number of nitrogens with two attached hydrogens (primary N) is 1. The van der Waals surface area contributed by atoms with E-state index >= 15 is 0 Å². The van der Waals surface area contributed by atoms with Crippen molar-refractivity contribution in [1.29, 1.82) is 0 Å². The van der Waals surface area contributed by atoms with Crippen LogP contribution >= 0.6 is 0 Å². The van der Waals surface area contributed by atoms with Crippen LogP contribution in [0.25, 0.3) is 0 Å². The van der Waals surface area contributed by atoms with Gasteiger partial charge in [0.15, 0.2) is 0 Å². The number of sulfonamides is 1. The van der Waals surface area contributed by atoms with E-state index in [1.807, 2.05) is 32.9 Å². The summed E-state index contributed by atoms with van der Waals surface area (Å²) in [5.41, 5.74) is 2.09.